The van der Waals surface area contributed by atoms with Gasteiger partial charge in [-0.2, -0.15) is 0 Å². The zero-order chi connectivity index (χ0) is 14.7. The minimum atomic E-state index is -0.301. The Morgan fingerprint density at radius 2 is 1.80 bits per heavy atom. The van der Waals surface area contributed by atoms with E-state index >= 15 is 0 Å². The van der Waals surface area contributed by atoms with Gasteiger partial charge in [0.25, 0.3) is 0 Å². The Kier molecular flexibility index (Phi) is 4.32. The molecule has 0 bridgehead atoms. The molecule has 0 saturated carbocycles. The summed E-state index contributed by atoms with van der Waals surface area (Å²) in [7, 11) is 1.66. The van der Waals surface area contributed by atoms with Gasteiger partial charge in [0, 0.05) is 18.0 Å². The summed E-state index contributed by atoms with van der Waals surface area (Å²) in [4.78, 5) is 8.69. The first-order valence-corrected chi connectivity index (χ1v) is 6.47. The van der Waals surface area contributed by atoms with Crippen LogP contribution in [0.3, 0.4) is 0 Å². The van der Waals surface area contributed by atoms with Crippen LogP contribution < -0.4 is 16.0 Å². The van der Waals surface area contributed by atoms with Gasteiger partial charge in [-0.25, -0.2) is 15.4 Å². The summed E-state index contributed by atoms with van der Waals surface area (Å²) in [5.41, 5.74) is 6.98. The maximum atomic E-state index is 5.70. The van der Waals surface area contributed by atoms with Crippen LogP contribution in [0.2, 0.25) is 0 Å². The normalized spacial score (nSPS) is 12.2. The molecule has 0 aliphatic heterocycles. The van der Waals surface area contributed by atoms with Crippen molar-refractivity contribution in [1.29, 1.82) is 0 Å². The minimum absolute atomic E-state index is 0.301. The first-order chi connectivity index (χ1) is 9.58. The van der Waals surface area contributed by atoms with Crippen molar-refractivity contribution in [3.8, 4) is 5.75 Å². The fourth-order valence-electron chi connectivity index (χ4n) is 2.16. The Balaban J connectivity index is 2.52. The van der Waals surface area contributed by atoms with Crippen LogP contribution in [0.1, 0.15) is 34.1 Å². The number of hydrazine groups is 1. The predicted molar refractivity (Wildman–Crippen MR) is 78.4 cm³/mol. The van der Waals surface area contributed by atoms with Gasteiger partial charge in [0.1, 0.15) is 11.8 Å². The molecule has 1 aromatic heterocycles. The smallest absolute Gasteiger partial charge is 0.151 e. The molecule has 1 atom stereocenters. The molecule has 0 amide bonds. The molecule has 0 spiro atoms. The van der Waals surface area contributed by atoms with Crippen molar-refractivity contribution in [2.45, 2.75) is 26.8 Å². The molecule has 0 aliphatic carbocycles. The van der Waals surface area contributed by atoms with Crippen LogP contribution >= 0.6 is 0 Å². The summed E-state index contributed by atoms with van der Waals surface area (Å²) in [6.45, 7) is 6.03. The molecule has 3 N–H and O–H groups in total. The number of nitrogens with one attached hydrogen (secondary N) is 1. The SMILES string of the molecule is COc1c(C(NN)c2ncc(C)cn2)ccc(C)c1C. The van der Waals surface area contributed by atoms with Crippen molar-refractivity contribution in [3.63, 3.8) is 0 Å². The second-order valence-corrected chi connectivity index (χ2v) is 4.85. The first kappa shape index (κ1) is 14.4. The van der Waals surface area contributed by atoms with Crippen molar-refractivity contribution >= 4 is 0 Å². The van der Waals surface area contributed by atoms with E-state index in [2.05, 4.69) is 22.3 Å². The van der Waals surface area contributed by atoms with Crippen LogP contribution in [0.15, 0.2) is 24.5 Å². The second-order valence-electron chi connectivity index (χ2n) is 4.85. The number of aryl methyl sites for hydroxylation is 2. The topological polar surface area (TPSA) is 73.1 Å². The molecule has 0 fully saturated rings. The summed E-state index contributed by atoms with van der Waals surface area (Å²) in [5, 5.41) is 0. The highest BCUT2D eigenvalue weighted by molar-refractivity contribution is 5.48. The quantitative estimate of drug-likeness (QED) is 0.657. The summed E-state index contributed by atoms with van der Waals surface area (Å²) in [6, 6.07) is 3.74. The molecular formula is C15H20N4O. The zero-order valence-corrected chi connectivity index (χ0v) is 12.3. The van der Waals surface area contributed by atoms with Crippen molar-refractivity contribution in [2.75, 3.05) is 7.11 Å². The highest BCUT2D eigenvalue weighted by Gasteiger charge is 2.21. The van der Waals surface area contributed by atoms with Gasteiger partial charge >= 0.3 is 0 Å². The summed E-state index contributed by atoms with van der Waals surface area (Å²) in [5.74, 6) is 7.14. The number of benzene rings is 1. The van der Waals surface area contributed by atoms with E-state index in [0.29, 0.717) is 5.82 Å². The van der Waals surface area contributed by atoms with E-state index in [0.717, 1.165) is 22.4 Å². The van der Waals surface area contributed by atoms with Crippen LogP contribution in [0.5, 0.6) is 5.75 Å². The molecule has 5 nitrogen and oxygen atoms in total. The van der Waals surface area contributed by atoms with Crippen LogP contribution in [-0.2, 0) is 0 Å². The zero-order valence-electron chi connectivity index (χ0n) is 12.3. The largest absolute Gasteiger partial charge is 0.496 e. The standard InChI is InChI=1S/C15H20N4O/c1-9-7-17-15(18-8-9)13(19-16)12-6-5-10(2)11(3)14(12)20-4/h5-8,13,19H,16H2,1-4H3. The van der Waals surface area contributed by atoms with Gasteiger partial charge in [0.2, 0.25) is 0 Å². The van der Waals surface area contributed by atoms with Gasteiger partial charge in [-0.3, -0.25) is 5.84 Å². The van der Waals surface area contributed by atoms with E-state index in [1.54, 1.807) is 19.5 Å². The van der Waals surface area contributed by atoms with E-state index in [4.69, 9.17) is 10.6 Å². The lowest BCUT2D eigenvalue weighted by molar-refractivity contribution is 0.399. The average molecular weight is 272 g/mol. The van der Waals surface area contributed by atoms with Crippen molar-refractivity contribution in [2.24, 2.45) is 5.84 Å². The maximum absolute atomic E-state index is 5.70. The molecule has 5 heteroatoms. The molecule has 20 heavy (non-hydrogen) atoms. The molecule has 1 heterocycles. The predicted octanol–water partition coefficient (Wildman–Crippen LogP) is 1.96. The Bertz CT molecular complexity index is 596. The van der Waals surface area contributed by atoms with Gasteiger partial charge in [0.05, 0.1) is 7.11 Å². The Morgan fingerprint density at radius 3 is 2.35 bits per heavy atom. The number of hydrogen-bond donors (Lipinski definition) is 2. The first-order valence-electron chi connectivity index (χ1n) is 6.47. The van der Waals surface area contributed by atoms with Crippen molar-refractivity contribution in [3.05, 3.63) is 52.6 Å². The van der Waals surface area contributed by atoms with E-state index < -0.39 is 0 Å². The number of hydrogen-bond acceptors (Lipinski definition) is 5. The van der Waals surface area contributed by atoms with Gasteiger partial charge in [-0.1, -0.05) is 12.1 Å². The van der Waals surface area contributed by atoms with Gasteiger partial charge in [-0.05, 0) is 37.5 Å². The molecule has 1 aromatic carbocycles. The Hall–Kier alpha value is -1.98. The molecule has 2 rings (SSSR count). The van der Waals surface area contributed by atoms with Crippen LogP contribution in [0.4, 0.5) is 0 Å². The van der Waals surface area contributed by atoms with E-state index in [1.807, 2.05) is 26.0 Å². The van der Waals surface area contributed by atoms with Crippen LogP contribution in [-0.4, -0.2) is 17.1 Å². The number of rotatable bonds is 4. The highest BCUT2D eigenvalue weighted by atomic mass is 16.5. The molecule has 2 aromatic rings. The van der Waals surface area contributed by atoms with Gasteiger partial charge in [0.15, 0.2) is 5.82 Å². The molecule has 106 valence electrons. The van der Waals surface area contributed by atoms with Crippen molar-refractivity contribution in [1.82, 2.24) is 15.4 Å². The summed E-state index contributed by atoms with van der Waals surface area (Å²) in [6.07, 6.45) is 3.56. The molecule has 0 aliphatic rings. The Labute approximate surface area is 119 Å². The van der Waals surface area contributed by atoms with Gasteiger partial charge < -0.3 is 4.74 Å². The number of ether oxygens (including phenoxy) is 1. The number of nitrogens with zero attached hydrogens (tertiary/aromatic N) is 2. The average Bonchev–Trinajstić information content (AvgIpc) is 2.45. The number of aromatic nitrogens is 2. The molecule has 1 unspecified atom stereocenters. The highest BCUT2D eigenvalue weighted by Crippen LogP contribution is 2.32. The molecular weight excluding hydrogens is 252 g/mol. The lowest BCUT2D eigenvalue weighted by atomic mass is 9.99. The van der Waals surface area contributed by atoms with Crippen LogP contribution in [0.25, 0.3) is 0 Å². The lowest BCUT2D eigenvalue weighted by Crippen LogP contribution is -2.30. The second kappa shape index (κ2) is 5.98. The number of nitrogens with two attached hydrogens (primary N) is 1. The fraction of sp³-hybridized carbons (Fsp3) is 0.333. The van der Waals surface area contributed by atoms with Crippen LogP contribution in [0, 0.1) is 20.8 Å². The molecule has 0 saturated heterocycles. The summed E-state index contributed by atoms with van der Waals surface area (Å²) >= 11 is 0. The van der Waals surface area contributed by atoms with E-state index in [1.165, 1.54) is 5.56 Å². The third-order valence-electron chi connectivity index (χ3n) is 3.45. The van der Waals surface area contributed by atoms with E-state index in [9.17, 15) is 0 Å². The Morgan fingerprint density at radius 1 is 1.15 bits per heavy atom. The van der Waals surface area contributed by atoms with Crippen molar-refractivity contribution < 1.29 is 4.74 Å². The monoisotopic (exact) mass is 272 g/mol. The third-order valence-corrected chi connectivity index (χ3v) is 3.45. The van der Waals surface area contributed by atoms with E-state index in [-0.39, 0.29) is 6.04 Å². The molecule has 0 radical (unpaired) electrons. The number of methoxy groups -OCH3 is 1. The minimum Gasteiger partial charge on any atom is -0.496 e. The maximum Gasteiger partial charge on any atom is 0.151 e. The lowest BCUT2D eigenvalue weighted by Gasteiger charge is -2.20. The van der Waals surface area contributed by atoms with Gasteiger partial charge in [-0.15, -0.1) is 0 Å². The summed E-state index contributed by atoms with van der Waals surface area (Å²) < 4.78 is 5.53. The third kappa shape index (κ3) is 2.64. The fourth-order valence-corrected chi connectivity index (χ4v) is 2.16.